The molecule has 2 aromatic heterocycles. The predicted molar refractivity (Wildman–Crippen MR) is 237 cm³/mol. The molecule has 3 heterocycles. The van der Waals surface area contributed by atoms with Gasteiger partial charge in [-0.2, -0.15) is 0 Å². The molecule has 0 atom stereocenters. The Morgan fingerprint density at radius 3 is 1.96 bits per heavy atom. The lowest BCUT2D eigenvalue weighted by atomic mass is 9.66. The Labute approximate surface area is 335 Å². The second-order valence-electron chi connectivity index (χ2n) is 16.4. The summed E-state index contributed by atoms with van der Waals surface area (Å²) in [6, 6.07) is 61.9. The van der Waals surface area contributed by atoms with Gasteiger partial charge in [0.2, 0.25) is 0 Å². The molecule has 12 rings (SSSR count). The number of hydrogen-bond donors (Lipinski definition) is 0. The van der Waals surface area contributed by atoms with Crippen LogP contribution in [-0.2, 0) is 10.8 Å². The third kappa shape index (κ3) is 4.53. The lowest BCUT2D eigenvalue weighted by molar-refractivity contribution is 0.436. The van der Waals surface area contributed by atoms with E-state index in [1.165, 1.54) is 53.6 Å². The van der Waals surface area contributed by atoms with Crippen LogP contribution in [0.1, 0.15) is 48.6 Å². The third-order valence-corrected chi connectivity index (χ3v) is 13.4. The number of para-hydroxylation sites is 2. The van der Waals surface area contributed by atoms with Crippen molar-refractivity contribution in [3.63, 3.8) is 0 Å². The minimum atomic E-state index is -0.526. The van der Waals surface area contributed by atoms with E-state index in [1.807, 2.05) is 23.5 Å². The molecule has 57 heavy (non-hydrogen) atoms. The van der Waals surface area contributed by atoms with Crippen LogP contribution in [0.15, 0.2) is 174 Å². The van der Waals surface area contributed by atoms with Crippen LogP contribution >= 0.6 is 11.3 Å². The quantitative estimate of drug-likeness (QED) is 0.180. The highest BCUT2D eigenvalue weighted by atomic mass is 32.1. The highest BCUT2D eigenvalue weighted by molar-refractivity contribution is 7.26. The number of rotatable bonds is 3. The van der Waals surface area contributed by atoms with Crippen LogP contribution in [0, 0.1) is 0 Å². The number of anilines is 3. The van der Waals surface area contributed by atoms with Gasteiger partial charge in [0.05, 0.1) is 11.1 Å². The van der Waals surface area contributed by atoms with Crippen molar-refractivity contribution in [1.82, 2.24) is 0 Å². The maximum atomic E-state index is 7.03. The van der Waals surface area contributed by atoms with Crippen molar-refractivity contribution in [2.75, 3.05) is 4.90 Å². The molecule has 272 valence electrons. The van der Waals surface area contributed by atoms with Crippen LogP contribution in [0.3, 0.4) is 0 Å². The van der Waals surface area contributed by atoms with E-state index in [1.54, 1.807) is 0 Å². The first-order chi connectivity index (χ1) is 27.9. The molecule has 2 aliphatic rings. The van der Waals surface area contributed by atoms with E-state index in [4.69, 9.17) is 9.15 Å². The zero-order valence-corrected chi connectivity index (χ0v) is 32.7. The van der Waals surface area contributed by atoms with E-state index < -0.39 is 5.41 Å². The summed E-state index contributed by atoms with van der Waals surface area (Å²) >= 11 is 1.86. The third-order valence-electron chi connectivity index (χ3n) is 12.3. The molecule has 1 spiro atoms. The van der Waals surface area contributed by atoms with Crippen molar-refractivity contribution in [3.8, 4) is 22.6 Å². The van der Waals surface area contributed by atoms with Crippen molar-refractivity contribution in [2.24, 2.45) is 0 Å². The van der Waals surface area contributed by atoms with Gasteiger partial charge < -0.3 is 14.1 Å². The molecule has 0 saturated heterocycles. The summed E-state index contributed by atoms with van der Waals surface area (Å²) in [7, 11) is 0. The summed E-state index contributed by atoms with van der Waals surface area (Å²) in [6.45, 7) is 6.87. The average molecular weight is 752 g/mol. The van der Waals surface area contributed by atoms with E-state index >= 15 is 0 Å². The molecule has 0 N–H and O–H groups in total. The number of hydrogen-bond acceptors (Lipinski definition) is 4. The van der Waals surface area contributed by atoms with Crippen LogP contribution in [0.5, 0.6) is 11.5 Å². The molecule has 0 saturated carbocycles. The van der Waals surface area contributed by atoms with E-state index in [2.05, 4.69) is 183 Å². The van der Waals surface area contributed by atoms with Crippen molar-refractivity contribution < 1.29 is 9.15 Å². The highest BCUT2D eigenvalue weighted by Gasteiger charge is 2.51. The van der Waals surface area contributed by atoms with Gasteiger partial charge in [0.1, 0.15) is 22.7 Å². The summed E-state index contributed by atoms with van der Waals surface area (Å²) in [6.07, 6.45) is 0. The van der Waals surface area contributed by atoms with Gasteiger partial charge in [-0.25, -0.2) is 0 Å². The average Bonchev–Trinajstić information content (AvgIpc) is 3.89. The summed E-state index contributed by atoms with van der Waals surface area (Å²) in [5.41, 5.74) is 13.2. The Hall–Kier alpha value is -6.62. The number of fused-ring (bicyclic) bond motifs is 15. The van der Waals surface area contributed by atoms with Crippen LogP contribution in [0.4, 0.5) is 17.1 Å². The monoisotopic (exact) mass is 751 g/mol. The number of thiophene rings is 1. The van der Waals surface area contributed by atoms with Gasteiger partial charge in [-0.15, -0.1) is 11.3 Å². The van der Waals surface area contributed by atoms with Crippen LogP contribution in [0.2, 0.25) is 0 Å². The number of furan rings is 1. The molecular formula is C53H37NO2S. The molecule has 3 nitrogen and oxygen atoms in total. The fourth-order valence-electron chi connectivity index (χ4n) is 9.73. The predicted octanol–water partition coefficient (Wildman–Crippen LogP) is 15.2. The fourth-order valence-corrected chi connectivity index (χ4v) is 10.8. The molecule has 0 bridgehead atoms. The smallest absolute Gasteiger partial charge is 0.135 e. The Balaban J connectivity index is 1.14. The van der Waals surface area contributed by atoms with Gasteiger partial charge in [-0.1, -0.05) is 124 Å². The molecule has 0 amide bonds. The van der Waals surface area contributed by atoms with Crippen LogP contribution in [0.25, 0.3) is 53.2 Å². The Morgan fingerprint density at radius 2 is 1.16 bits per heavy atom. The minimum absolute atomic E-state index is 0.0179. The largest absolute Gasteiger partial charge is 0.457 e. The summed E-state index contributed by atoms with van der Waals surface area (Å²) < 4.78 is 15.9. The second kappa shape index (κ2) is 11.7. The number of ether oxygens (including phenoxy) is 1. The van der Waals surface area contributed by atoms with Crippen molar-refractivity contribution in [1.29, 1.82) is 0 Å². The van der Waals surface area contributed by atoms with E-state index in [9.17, 15) is 0 Å². The zero-order chi connectivity index (χ0) is 38.0. The molecule has 1 aliphatic heterocycles. The fraction of sp³-hybridized carbons (Fsp3) is 0.0943. The molecular weight excluding hydrogens is 715 g/mol. The van der Waals surface area contributed by atoms with Gasteiger partial charge >= 0.3 is 0 Å². The van der Waals surface area contributed by atoms with Crippen LogP contribution < -0.4 is 9.64 Å². The van der Waals surface area contributed by atoms with Crippen molar-refractivity contribution >= 4 is 70.5 Å². The Kier molecular flexibility index (Phi) is 6.69. The molecule has 1 aliphatic carbocycles. The molecule has 0 radical (unpaired) electrons. The standard InChI is InChI=1S/C53H37NO2S/c1-52(2,3)32-23-28-49-39(29-32)51-44(19-12-22-50(51)57-49)54(33-25-27-46-38(30-33)37-15-6-10-20-45(37)55-46)34-24-26-43-48(31-34)56-47-21-11-9-18-42(47)53(43)40-16-7-4-13-35(40)36-14-5-8-17-41(36)53/h4-31H,1-3H3. The molecule has 4 heteroatoms. The zero-order valence-electron chi connectivity index (χ0n) is 31.8. The lowest BCUT2D eigenvalue weighted by Gasteiger charge is -2.40. The first-order valence-corrected chi connectivity index (χ1v) is 20.5. The Morgan fingerprint density at radius 1 is 0.491 bits per heavy atom. The maximum absolute atomic E-state index is 7.03. The summed E-state index contributed by atoms with van der Waals surface area (Å²) in [5, 5.41) is 4.72. The van der Waals surface area contributed by atoms with Gasteiger partial charge in [0, 0.05) is 59.5 Å². The van der Waals surface area contributed by atoms with Crippen molar-refractivity contribution in [2.45, 2.75) is 31.6 Å². The van der Waals surface area contributed by atoms with Crippen LogP contribution in [-0.4, -0.2) is 0 Å². The highest BCUT2D eigenvalue weighted by Crippen LogP contribution is 2.62. The van der Waals surface area contributed by atoms with E-state index in [-0.39, 0.29) is 5.41 Å². The topological polar surface area (TPSA) is 25.6 Å². The normalized spacial score (nSPS) is 13.8. The van der Waals surface area contributed by atoms with Crippen molar-refractivity contribution in [3.05, 3.63) is 198 Å². The van der Waals surface area contributed by atoms with E-state index in [0.717, 1.165) is 56.1 Å². The summed E-state index contributed by atoms with van der Waals surface area (Å²) in [4.78, 5) is 2.42. The molecule has 8 aromatic carbocycles. The second-order valence-corrected chi connectivity index (χ2v) is 17.5. The SMILES string of the molecule is CC(C)(C)c1ccc2sc3cccc(N(c4ccc5c(c4)Oc4ccccc4C54c5ccccc5-c5ccccc54)c4ccc5oc6ccccc6c5c4)c3c2c1. The van der Waals surface area contributed by atoms with Gasteiger partial charge in [0.25, 0.3) is 0 Å². The molecule has 10 aromatic rings. The maximum Gasteiger partial charge on any atom is 0.135 e. The Bertz CT molecular complexity index is 3240. The molecule has 0 unspecified atom stereocenters. The summed E-state index contributed by atoms with van der Waals surface area (Å²) in [5.74, 6) is 1.74. The lowest BCUT2D eigenvalue weighted by Crippen LogP contribution is -2.32. The van der Waals surface area contributed by atoms with Gasteiger partial charge in [-0.3, -0.25) is 0 Å². The molecule has 0 fully saturated rings. The van der Waals surface area contributed by atoms with Gasteiger partial charge in [-0.05, 0) is 93.9 Å². The van der Waals surface area contributed by atoms with E-state index in [0.29, 0.717) is 0 Å². The number of benzene rings is 8. The first kappa shape index (κ1) is 32.6. The first-order valence-electron chi connectivity index (χ1n) is 19.7. The van der Waals surface area contributed by atoms with Gasteiger partial charge in [0.15, 0.2) is 0 Å². The minimum Gasteiger partial charge on any atom is -0.457 e. The number of nitrogens with zero attached hydrogens (tertiary/aromatic N) is 1.